The second kappa shape index (κ2) is 7.02. The highest BCUT2D eigenvalue weighted by Gasteiger charge is 2.25. The number of benzene rings is 1. The molecule has 3 N–H and O–H groups in total. The summed E-state index contributed by atoms with van der Waals surface area (Å²) in [5.41, 5.74) is 7.01. The highest BCUT2D eigenvalue weighted by Crippen LogP contribution is 2.23. The fourth-order valence-corrected chi connectivity index (χ4v) is 1.64. The Bertz CT molecular complexity index is 461. The molecule has 0 unspecified atom stereocenters. The number of halogens is 3. The molecule has 1 aromatic rings. The Balaban J connectivity index is 2.43. The molecule has 0 aliphatic rings. The van der Waals surface area contributed by atoms with Crippen molar-refractivity contribution in [1.29, 1.82) is 0 Å². The van der Waals surface area contributed by atoms with Crippen LogP contribution in [-0.2, 0) is 4.74 Å². The Kier molecular flexibility index (Phi) is 5.66. The van der Waals surface area contributed by atoms with Gasteiger partial charge < -0.3 is 15.8 Å². The molecular weight excluding hydrogens is 273 g/mol. The van der Waals surface area contributed by atoms with E-state index in [9.17, 15) is 18.0 Å². The average molecular weight is 290 g/mol. The van der Waals surface area contributed by atoms with Gasteiger partial charge in [-0.3, -0.25) is 0 Å². The number of methoxy groups -OCH3 is 1. The van der Waals surface area contributed by atoms with Crippen molar-refractivity contribution in [2.24, 2.45) is 0 Å². The zero-order chi connectivity index (χ0) is 15.2. The Hall–Kier alpha value is -1.92. The number of nitrogen functional groups attached to an aromatic ring is 1. The van der Waals surface area contributed by atoms with E-state index in [1.54, 1.807) is 12.1 Å². The minimum Gasteiger partial charge on any atom is -0.465 e. The van der Waals surface area contributed by atoms with Crippen LogP contribution in [0.4, 0.5) is 24.5 Å². The summed E-state index contributed by atoms with van der Waals surface area (Å²) in [6.07, 6.45) is -4.44. The van der Waals surface area contributed by atoms with E-state index in [1.165, 1.54) is 13.2 Å². The molecule has 0 heterocycles. The summed E-state index contributed by atoms with van der Waals surface area (Å²) >= 11 is 0. The standard InChI is InChI=1S/C13H17F3N2O2/c1-20-12(19)9-4-5-11(10(17)8-9)18-7-3-2-6-13(14,15)16/h4-5,8,18H,2-3,6-7,17H2,1H3. The number of hydrogen-bond donors (Lipinski definition) is 2. The molecule has 112 valence electrons. The number of carbonyl (C=O) groups excluding carboxylic acids is 1. The smallest absolute Gasteiger partial charge is 0.389 e. The third-order valence-corrected chi connectivity index (χ3v) is 2.68. The predicted molar refractivity (Wildman–Crippen MR) is 70.6 cm³/mol. The summed E-state index contributed by atoms with van der Waals surface area (Å²) in [5.74, 6) is -0.492. The van der Waals surface area contributed by atoms with Gasteiger partial charge in [0, 0.05) is 13.0 Å². The summed E-state index contributed by atoms with van der Waals surface area (Å²) in [6, 6.07) is 4.61. The molecule has 4 nitrogen and oxygen atoms in total. The van der Waals surface area contributed by atoms with Crippen molar-refractivity contribution < 1.29 is 22.7 Å². The highest BCUT2D eigenvalue weighted by atomic mass is 19.4. The SMILES string of the molecule is COC(=O)c1ccc(NCCCCC(F)(F)F)c(N)c1. The lowest BCUT2D eigenvalue weighted by atomic mass is 10.1. The van der Waals surface area contributed by atoms with Crippen molar-refractivity contribution in [3.63, 3.8) is 0 Å². The van der Waals surface area contributed by atoms with E-state index in [0.717, 1.165) is 0 Å². The Morgan fingerprint density at radius 1 is 1.35 bits per heavy atom. The lowest BCUT2D eigenvalue weighted by Gasteiger charge is -2.11. The van der Waals surface area contributed by atoms with Crippen LogP contribution in [0.15, 0.2) is 18.2 Å². The van der Waals surface area contributed by atoms with Gasteiger partial charge >= 0.3 is 12.1 Å². The zero-order valence-electron chi connectivity index (χ0n) is 11.1. The molecule has 0 saturated carbocycles. The number of hydrogen-bond acceptors (Lipinski definition) is 4. The van der Waals surface area contributed by atoms with Gasteiger partial charge in [-0.2, -0.15) is 13.2 Å². The lowest BCUT2D eigenvalue weighted by Crippen LogP contribution is -2.10. The molecule has 7 heteroatoms. The molecule has 0 saturated heterocycles. The van der Waals surface area contributed by atoms with Crippen LogP contribution in [0.5, 0.6) is 0 Å². The molecule has 0 aliphatic carbocycles. The van der Waals surface area contributed by atoms with Crippen LogP contribution in [0.2, 0.25) is 0 Å². The number of rotatable bonds is 6. The molecule has 1 aromatic carbocycles. The van der Waals surface area contributed by atoms with Gasteiger partial charge in [0.1, 0.15) is 0 Å². The Morgan fingerprint density at radius 3 is 2.60 bits per heavy atom. The maximum absolute atomic E-state index is 11.9. The molecule has 0 radical (unpaired) electrons. The lowest BCUT2D eigenvalue weighted by molar-refractivity contribution is -0.135. The van der Waals surface area contributed by atoms with Gasteiger partial charge in [0.15, 0.2) is 0 Å². The quantitative estimate of drug-likeness (QED) is 0.480. The normalized spacial score (nSPS) is 11.2. The second-order valence-electron chi connectivity index (χ2n) is 4.29. The second-order valence-corrected chi connectivity index (χ2v) is 4.29. The van der Waals surface area contributed by atoms with Crippen LogP contribution in [0.1, 0.15) is 29.6 Å². The molecule has 0 bridgehead atoms. The van der Waals surface area contributed by atoms with Gasteiger partial charge in [-0.15, -0.1) is 0 Å². The first-order chi connectivity index (χ1) is 9.33. The van der Waals surface area contributed by atoms with Gasteiger partial charge in [0.05, 0.1) is 24.0 Å². The molecule has 20 heavy (non-hydrogen) atoms. The first-order valence-corrected chi connectivity index (χ1v) is 6.12. The van der Waals surface area contributed by atoms with Crippen LogP contribution in [-0.4, -0.2) is 25.8 Å². The molecule has 0 fully saturated rings. The van der Waals surface area contributed by atoms with E-state index < -0.39 is 18.6 Å². The molecule has 0 aromatic heterocycles. The van der Waals surface area contributed by atoms with E-state index >= 15 is 0 Å². The van der Waals surface area contributed by atoms with Gasteiger partial charge in [-0.25, -0.2) is 4.79 Å². The highest BCUT2D eigenvalue weighted by molar-refractivity contribution is 5.91. The van der Waals surface area contributed by atoms with E-state index in [0.29, 0.717) is 29.9 Å². The van der Waals surface area contributed by atoms with Crippen LogP contribution in [0.25, 0.3) is 0 Å². The summed E-state index contributed by atoms with van der Waals surface area (Å²) in [7, 11) is 1.27. The van der Waals surface area contributed by atoms with E-state index in [-0.39, 0.29) is 6.42 Å². The molecular formula is C13H17F3N2O2. The summed E-state index contributed by atoms with van der Waals surface area (Å²) in [4.78, 5) is 11.3. The first-order valence-electron chi connectivity index (χ1n) is 6.12. The summed E-state index contributed by atoms with van der Waals surface area (Å²) in [5, 5.41) is 2.94. The first kappa shape index (κ1) is 16.1. The maximum Gasteiger partial charge on any atom is 0.389 e. The fourth-order valence-electron chi connectivity index (χ4n) is 1.64. The van der Waals surface area contributed by atoms with Crippen molar-refractivity contribution in [3.05, 3.63) is 23.8 Å². The van der Waals surface area contributed by atoms with E-state index in [4.69, 9.17) is 5.73 Å². The number of nitrogens with two attached hydrogens (primary N) is 1. The molecule has 0 atom stereocenters. The van der Waals surface area contributed by atoms with Crippen molar-refractivity contribution in [2.45, 2.75) is 25.4 Å². The van der Waals surface area contributed by atoms with Gasteiger partial charge in [-0.05, 0) is 31.0 Å². The van der Waals surface area contributed by atoms with Gasteiger partial charge in [-0.1, -0.05) is 0 Å². The van der Waals surface area contributed by atoms with Gasteiger partial charge in [0.25, 0.3) is 0 Å². The van der Waals surface area contributed by atoms with E-state index in [1.807, 2.05) is 0 Å². The monoisotopic (exact) mass is 290 g/mol. The number of nitrogens with one attached hydrogen (secondary N) is 1. The number of anilines is 2. The van der Waals surface area contributed by atoms with Crippen molar-refractivity contribution in [1.82, 2.24) is 0 Å². The Morgan fingerprint density at radius 2 is 2.05 bits per heavy atom. The third kappa shape index (κ3) is 5.38. The molecule has 0 aliphatic heterocycles. The number of esters is 1. The van der Waals surface area contributed by atoms with Crippen LogP contribution < -0.4 is 11.1 Å². The molecule has 1 rings (SSSR count). The zero-order valence-corrected chi connectivity index (χ0v) is 11.1. The number of alkyl halides is 3. The molecule has 0 amide bonds. The minimum absolute atomic E-state index is 0.0661. The van der Waals surface area contributed by atoms with Crippen molar-refractivity contribution >= 4 is 17.3 Å². The van der Waals surface area contributed by atoms with Crippen LogP contribution in [0.3, 0.4) is 0 Å². The summed E-state index contributed by atoms with van der Waals surface area (Å²) < 4.78 is 40.4. The van der Waals surface area contributed by atoms with Crippen LogP contribution in [0, 0.1) is 0 Å². The number of ether oxygens (including phenoxy) is 1. The Labute approximate surface area is 115 Å². The largest absolute Gasteiger partial charge is 0.465 e. The maximum atomic E-state index is 11.9. The number of unbranched alkanes of at least 4 members (excludes halogenated alkanes) is 1. The van der Waals surface area contributed by atoms with E-state index in [2.05, 4.69) is 10.1 Å². The predicted octanol–water partition coefficient (Wildman–Crippen LogP) is 3.20. The number of carbonyl (C=O) groups is 1. The third-order valence-electron chi connectivity index (χ3n) is 2.68. The van der Waals surface area contributed by atoms with Crippen LogP contribution >= 0.6 is 0 Å². The van der Waals surface area contributed by atoms with Crippen molar-refractivity contribution in [2.75, 3.05) is 24.7 Å². The minimum atomic E-state index is -4.11. The van der Waals surface area contributed by atoms with Gasteiger partial charge in [0.2, 0.25) is 0 Å². The van der Waals surface area contributed by atoms with Crippen molar-refractivity contribution in [3.8, 4) is 0 Å². The summed E-state index contributed by atoms with van der Waals surface area (Å²) in [6.45, 7) is 0.387. The molecule has 0 spiro atoms. The fraction of sp³-hybridized carbons (Fsp3) is 0.462. The topological polar surface area (TPSA) is 64.3 Å². The average Bonchev–Trinajstić information content (AvgIpc) is 2.37.